The molecule has 0 saturated heterocycles. The number of carbonyl (C=O) groups is 2. The van der Waals surface area contributed by atoms with E-state index in [-0.39, 0.29) is 5.91 Å². The van der Waals surface area contributed by atoms with Gasteiger partial charge in [0.1, 0.15) is 5.82 Å². The molecule has 0 spiro atoms. The van der Waals surface area contributed by atoms with Gasteiger partial charge in [-0.25, -0.2) is 4.98 Å². The molecular formula is C30H27ClN6O2. The van der Waals surface area contributed by atoms with Crippen LogP contribution in [0.5, 0.6) is 0 Å². The van der Waals surface area contributed by atoms with Crippen molar-refractivity contribution in [1.29, 1.82) is 0 Å². The minimum absolute atomic E-state index is 0.316. The topological polar surface area (TPSA) is 98.7 Å². The van der Waals surface area contributed by atoms with Gasteiger partial charge in [0.2, 0.25) is 0 Å². The van der Waals surface area contributed by atoms with Crippen LogP contribution < -0.4 is 16.0 Å². The molecule has 0 unspecified atom stereocenters. The Labute approximate surface area is 231 Å². The fourth-order valence-electron chi connectivity index (χ4n) is 4.27. The van der Waals surface area contributed by atoms with Gasteiger partial charge in [0.25, 0.3) is 11.8 Å². The summed E-state index contributed by atoms with van der Waals surface area (Å²) >= 11 is 5.87. The van der Waals surface area contributed by atoms with Crippen LogP contribution >= 0.6 is 11.6 Å². The Kier molecular flexibility index (Phi) is 7.84. The van der Waals surface area contributed by atoms with Gasteiger partial charge in [-0.3, -0.25) is 14.6 Å². The first-order valence-corrected chi connectivity index (χ1v) is 12.9. The number of pyridine rings is 1. The highest BCUT2D eigenvalue weighted by atomic mass is 35.5. The minimum atomic E-state index is -0.393. The van der Waals surface area contributed by atoms with Crippen LogP contribution in [0.4, 0.5) is 11.5 Å². The molecule has 1 aliphatic rings. The molecule has 2 amide bonds. The molecule has 1 aromatic heterocycles. The van der Waals surface area contributed by atoms with E-state index in [4.69, 9.17) is 11.6 Å². The van der Waals surface area contributed by atoms with Gasteiger partial charge in [0.15, 0.2) is 5.96 Å². The molecule has 8 nitrogen and oxygen atoms in total. The molecule has 5 rings (SSSR count). The monoisotopic (exact) mass is 538 g/mol. The summed E-state index contributed by atoms with van der Waals surface area (Å²) in [6.45, 7) is 2.37. The first-order chi connectivity index (χ1) is 19.0. The number of hydrogen-bond acceptors (Lipinski definition) is 6. The number of halogens is 1. The number of benzene rings is 3. The molecule has 0 fully saturated rings. The molecule has 3 N–H and O–H groups in total. The molecule has 2 heterocycles. The van der Waals surface area contributed by atoms with Gasteiger partial charge in [0, 0.05) is 31.9 Å². The van der Waals surface area contributed by atoms with E-state index in [2.05, 4.69) is 43.0 Å². The zero-order valence-electron chi connectivity index (χ0n) is 21.3. The predicted octanol–water partition coefficient (Wildman–Crippen LogP) is 5.30. The van der Waals surface area contributed by atoms with Gasteiger partial charge < -0.3 is 20.9 Å². The number of nitrogens with one attached hydrogen (secondary N) is 3. The van der Waals surface area contributed by atoms with Crippen molar-refractivity contribution in [2.75, 3.05) is 30.8 Å². The summed E-state index contributed by atoms with van der Waals surface area (Å²) in [6.07, 6.45) is 1.45. The van der Waals surface area contributed by atoms with Crippen LogP contribution in [0, 0.1) is 0 Å². The Morgan fingerprint density at radius 1 is 0.897 bits per heavy atom. The molecule has 9 heteroatoms. The van der Waals surface area contributed by atoms with Gasteiger partial charge in [-0.15, -0.1) is 0 Å². The highest BCUT2D eigenvalue weighted by molar-refractivity contribution is 6.30. The fourth-order valence-corrected chi connectivity index (χ4v) is 4.38. The quantitative estimate of drug-likeness (QED) is 0.297. The van der Waals surface area contributed by atoms with E-state index in [0.717, 1.165) is 35.7 Å². The summed E-state index contributed by atoms with van der Waals surface area (Å²) in [4.78, 5) is 36.6. The number of rotatable bonds is 7. The second-order valence-electron chi connectivity index (χ2n) is 9.03. The van der Waals surface area contributed by atoms with E-state index in [1.807, 2.05) is 31.3 Å². The number of carbonyl (C=O) groups excluding carboxylic acids is 2. The van der Waals surface area contributed by atoms with E-state index in [9.17, 15) is 9.59 Å². The second-order valence-corrected chi connectivity index (χ2v) is 9.47. The van der Waals surface area contributed by atoms with Crippen LogP contribution in [0.2, 0.25) is 5.02 Å². The van der Waals surface area contributed by atoms with Crippen LogP contribution in [-0.2, 0) is 6.54 Å². The highest BCUT2D eigenvalue weighted by Crippen LogP contribution is 2.25. The molecule has 0 saturated carbocycles. The Balaban J connectivity index is 1.28. The summed E-state index contributed by atoms with van der Waals surface area (Å²) in [5.74, 6) is 0.551. The lowest BCUT2D eigenvalue weighted by atomic mass is 9.98. The average molecular weight is 539 g/mol. The molecule has 4 aromatic rings. The van der Waals surface area contributed by atoms with Crippen LogP contribution in [0.25, 0.3) is 11.1 Å². The molecule has 0 radical (unpaired) electrons. The van der Waals surface area contributed by atoms with Crippen molar-refractivity contribution in [1.82, 2.24) is 15.2 Å². The summed E-state index contributed by atoms with van der Waals surface area (Å²) < 4.78 is 0. The zero-order chi connectivity index (χ0) is 27.2. The Morgan fingerprint density at radius 2 is 1.67 bits per heavy atom. The third kappa shape index (κ3) is 6.25. The number of para-hydroxylation sites is 1. The number of anilines is 2. The SMILES string of the molecule is CN1CCN=C1NCc1ccccc1-c1ccc(C(=O)Nc2ccccc2C(=O)Nc2ccc(Cl)cn2)cc1. The maximum absolute atomic E-state index is 13.1. The predicted molar refractivity (Wildman–Crippen MR) is 155 cm³/mol. The molecule has 0 atom stereocenters. The molecule has 39 heavy (non-hydrogen) atoms. The van der Waals surface area contributed by atoms with Crippen molar-refractivity contribution < 1.29 is 9.59 Å². The number of aromatic nitrogens is 1. The van der Waals surface area contributed by atoms with E-state index < -0.39 is 5.91 Å². The smallest absolute Gasteiger partial charge is 0.258 e. The molecule has 3 aromatic carbocycles. The van der Waals surface area contributed by atoms with Gasteiger partial charge in [-0.1, -0.05) is 60.1 Å². The van der Waals surface area contributed by atoms with Crippen LogP contribution in [-0.4, -0.2) is 47.8 Å². The average Bonchev–Trinajstić information content (AvgIpc) is 3.38. The van der Waals surface area contributed by atoms with Crippen molar-refractivity contribution in [2.24, 2.45) is 4.99 Å². The van der Waals surface area contributed by atoms with Gasteiger partial charge in [-0.05, 0) is 53.1 Å². The molecule has 196 valence electrons. The Bertz CT molecular complexity index is 1520. The second kappa shape index (κ2) is 11.8. The third-order valence-electron chi connectivity index (χ3n) is 6.36. The highest BCUT2D eigenvalue weighted by Gasteiger charge is 2.16. The van der Waals surface area contributed by atoms with Crippen LogP contribution in [0.1, 0.15) is 26.3 Å². The van der Waals surface area contributed by atoms with E-state index >= 15 is 0 Å². The van der Waals surface area contributed by atoms with Crippen molar-refractivity contribution in [3.63, 3.8) is 0 Å². The number of hydrogen-bond donors (Lipinski definition) is 3. The molecule has 0 bridgehead atoms. The van der Waals surface area contributed by atoms with E-state index in [1.165, 1.54) is 6.20 Å². The minimum Gasteiger partial charge on any atom is -0.352 e. The lowest BCUT2D eigenvalue weighted by Crippen LogP contribution is -2.35. The Hall–Kier alpha value is -4.69. The normalized spacial score (nSPS) is 12.6. The summed E-state index contributed by atoms with van der Waals surface area (Å²) in [5.41, 5.74) is 4.41. The summed E-state index contributed by atoms with van der Waals surface area (Å²) in [5, 5.41) is 9.47. The molecular weight excluding hydrogens is 512 g/mol. The lowest BCUT2D eigenvalue weighted by Gasteiger charge is -2.17. The number of likely N-dealkylation sites (N-methyl/N-ethyl adjacent to an activating group) is 1. The zero-order valence-corrected chi connectivity index (χ0v) is 22.1. The first kappa shape index (κ1) is 25.9. The summed E-state index contributed by atoms with van der Waals surface area (Å²) in [7, 11) is 2.02. The lowest BCUT2D eigenvalue weighted by molar-refractivity contribution is 0.102. The van der Waals surface area contributed by atoms with Gasteiger partial charge in [-0.2, -0.15) is 0 Å². The van der Waals surface area contributed by atoms with Crippen LogP contribution in [0.15, 0.2) is 96.1 Å². The van der Waals surface area contributed by atoms with Crippen molar-refractivity contribution >= 4 is 40.9 Å². The van der Waals surface area contributed by atoms with Gasteiger partial charge >= 0.3 is 0 Å². The Morgan fingerprint density at radius 3 is 2.41 bits per heavy atom. The maximum atomic E-state index is 13.1. The number of nitrogens with zero attached hydrogens (tertiary/aromatic N) is 3. The molecule has 1 aliphatic heterocycles. The number of amides is 2. The van der Waals surface area contributed by atoms with E-state index in [0.29, 0.717) is 34.2 Å². The van der Waals surface area contributed by atoms with Crippen molar-refractivity contribution in [2.45, 2.75) is 6.54 Å². The van der Waals surface area contributed by atoms with Crippen LogP contribution in [0.3, 0.4) is 0 Å². The number of guanidine groups is 1. The maximum Gasteiger partial charge on any atom is 0.258 e. The molecule has 0 aliphatic carbocycles. The summed E-state index contributed by atoms with van der Waals surface area (Å²) in [6, 6.07) is 25.7. The van der Waals surface area contributed by atoms with Crippen molar-refractivity contribution in [3.05, 3.63) is 113 Å². The van der Waals surface area contributed by atoms with Gasteiger partial charge in [0.05, 0.1) is 22.8 Å². The fraction of sp³-hybridized carbons (Fsp3) is 0.133. The van der Waals surface area contributed by atoms with Crippen molar-refractivity contribution in [3.8, 4) is 11.1 Å². The number of aliphatic imine (C=N–C) groups is 1. The third-order valence-corrected chi connectivity index (χ3v) is 6.58. The standard InChI is InChI=1S/C30H27ClN6O2/c1-37-17-16-32-30(37)34-18-22-6-2-3-7-24(22)20-10-12-21(13-11-20)28(38)35-26-9-5-4-8-25(26)29(39)36-27-15-14-23(31)19-33-27/h2-15,19H,16-18H2,1H3,(H,32,34)(H,35,38)(H,33,36,39). The largest absolute Gasteiger partial charge is 0.352 e. The first-order valence-electron chi connectivity index (χ1n) is 12.5. The van der Waals surface area contributed by atoms with E-state index in [1.54, 1.807) is 48.5 Å².